The molecule has 0 spiro atoms. The van der Waals surface area contributed by atoms with Gasteiger partial charge in [0.05, 0.1) is 0 Å². The summed E-state index contributed by atoms with van der Waals surface area (Å²) in [6.07, 6.45) is 60.9. The van der Waals surface area contributed by atoms with E-state index in [1.165, 1.54) is 244 Å². The van der Waals surface area contributed by atoms with Gasteiger partial charge in [-0.05, 0) is 31.1 Å². The Morgan fingerprint density at radius 2 is 0.551 bits per heavy atom. The molecule has 0 amide bonds. The Balaban J connectivity index is 4.24. The van der Waals surface area contributed by atoms with Crippen molar-refractivity contribution in [3.8, 4) is 0 Å². The molecule has 0 aliphatic heterocycles. The van der Waals surface area contributed by atoms with Gasteiger partial charge in [-0.3, -0.25) is 14.4 Å². The van der Waals surface area contributed by atoms with Crippen LogP contribution >= 0.6 is 0 Å². The van der Waals surface area contributed by atoms with Crippen LogP contribution in [0.2, 0.25) is 0 Å². The molecular formula is C63H122O6. The first-order valence-corrected chi connectivity index (χ1v) is 31.3. The molecule has 0 fully saturated rings. The van der Waals surface area contributed by atoms with E-state index >= 15 is 0 Å². The number of hydrogen-bond donors (Lipinski definition) is 0. The molecule has 0 saturated heterocycles. The summed E-state index contributed by atoms with van der Waals surface area (Å²) >= 11 is 0. The maximum Gasteiger partial charge on any atom is 0.306 e. The predicted octanol–water partition coefficient (Wildman–Crippen LogP) is 20.8. The Bertz CT molecular complexity index is 1060. The molecule has 0 bridgehead atoms. The van der Waals surface area contributed by atoms with Gasteiger partial charge < -0.3 is 14.2 Å². The summed E-state index contributed by atoms with van der Waals surface area (Å²) in [7, 11) is 0. The summed E-state index contributed by atoms with van der Waals surface area (Å²) < 4.78 is 16.9. The quantitative estimate of drug-likeness (QED) is 0.0343. The van der Waals surface area contributed by atoms with Crippen molar-refractivity contribution in [2.75, 3.05) is 13.2 Å². The van der Waals surface area contributed by atoms with Crippen molar-refractivity contribution in [1.29, 1.82) is 0 Å². The lowest BCUT2D eigenvalue weighted by molar-refractivity contribution is -0.167. The Kier molecular flexibility index (Phi) is 54.4. The van der Waals surface area contributed by atoms with Gasteiger partial charge in [0, 0.05) is 19.3 Å². The van der Waals surface area contributed by atoms with Gasteiger partial charge in [-0.2, -0.15) is 0 Å². The number of carbonyl (C=O) groups excluding carboxylic acids is 3. The second-order valence-corrected chi connectivity index (χ2v) is 22.4. The predicted molar refractivity (Wildman–Crippen MR) is 298 cm³/mol. The van der Waals surface area contributed by atoms with Gasteiger partial charge in [0.2, 0.25) is 0 Å². The first kappa shape index (κ1) is 67.4. The van der Waals surface area contributed by atoms with Crippen molar-refractivity contribution in [2.45, 2.75) is 362 Å². The van der Waals surface area contributed by atoms with E-state index < -0.39 is 6.10 Å². The molecule has 0 radical (unpaired) electrons. The SMILES string of the molecule is CCCCCCCCCCCCCCC(=O)OC[C@@H](COC(=O)CCCCCCCCCCCCCCCCCCCCC(C)C)OC(=O)CCCCCCCCCCCCCCCCC(C)CC. The highest BCUT2D eigenvalue weighted by Crippen LogP contribution is 2.19. The van der Waals surface area contributed by atoms with Crippen molar-refractivity contribution in [3.05, 3.63) is 0 Å². The van der Waals surface area contributed by atoms with E-state index in [2.05, 4.69) is 34.6 Å². The summed E-state index contributed by atoms with van der Waals surface area (Å²) in [5.74, 6) is 0.920. The minimum Gasteiger partial charge on any atom is -0.462 e. The highest BCUT2D eigenvalue weighted by atomic mass is 16.6. The largest absolute Gasteiger partial charge is 0.462 e. The maximum absolute atomic E-state index is 12.9. The molecule has 0 saturated carbocycles. The van der Waals surface area contributed by atoms with Crippen LogP contribution in [0.15, 0.2) is 0 Å². The molecule has 0 aliphatic carbocycles. The monoisotopic (exact) mass is 975 g/mol. The average molecular weight is 976 g/mol. The lowest BCUT2D eigenvalue weighted by Crippen LogP contribution is -2.30. The summed E-state index contributed by atoms with van der Waals surface area (Å²) in [4.78, 5) is 38.2. The van der Waals surface area contributed by atoms with Crippen LogP contribution in [0, 0.1) is 11.8 Å². The minimum absolute atomic E-state index is 0.0620. The topological polar surface area (TPSA) is 78.9 Å². The molecule has 410 valence electrons. The van der Waals surface area contributed by atoms with Gasteiger partial charge in [-0.25, -0.2) is 0 Å². The second-order valence-electron chi connectivity index (χ2n) is 22.4. The third kappa shape index (κ3) is 55.6. The maximum atomic E-state index is 12.9. The summed E-state index contributed by atoms with van der Waals surface area (Å²) in [5, 5.41) is 0. The zero-order valence-electron chi connectivity index (χ0n) is 47.5. The summed E-state index contributed by atoms with van der Waals surface area (Å²) in [5.41, 5.74) is 0. The molecule has 2 atom stereocenters. The smallest absolute Gasteiger partial charge is 0.306 e. The number of ether oxygens (including phenoxy) is 3. The first-order valence-electron chi connectivity index (χ1n) is 31.3. The highest BCUT2D eigenvalue weighted by molar-refractivity contribution is 5.71. The molecule has 0 rings (SSSR count). The van der Waals surface area contributed by atoms with Crippen LogP contribution in [0.4, 0.5) is 0 Å². The molecular weight excluding hydrogens is 853 g/mol. The molecule has 0 N–H and O–H groups in total. The van der Waals surface area contributed by atoms with Gasteiger partial charge in [0.15, 0.2) is 6.10 Å². The van der Waals surface area contributed by atoms with E-state index in [9.17, 15) is 14.4 Å². The van der Waals surface area contributed by atoms with Gasteiger partial charge >= 0.3 is 17.9 Å². The van der Waals surface area contributed by atoms with E-state index in [4.69, 9.17) is 14.2 Å². The third-order valence-electron chi connectivity index (χ3n) is 14.8. The van der Waals surface area contributed by atoms with Crippen LogP contribution in [0.1, 0.15) is 356 Å². The van der Waals surface area contributed by atoms with Crippen LogP contribution in [0.3, 0.4) is 0 Å². The lowest BCUT2D eigenvalue weighted by Gasteiger charge is -2.18. The van der Waals surface area contributed by atoms with Crippen molar-refractivity contribution < 1.29 is 28.6 Å². The first-order chi connectivity index (χ1) is 33.8. The zero-order chi connectivity index (χ0) is 50.4. The van der Waals surface area contributed by atoms with Crippen LogP contribution in [0.5, 0.6) is 0 Å². The fraction of sp³-hybridized carbons (Fsp3) is 0.952. The number of rotatable bonds is 57. The average Bonchev–Trinajstić information content (AvgIpc) is 3.34. The molecule has 0 aromatic heterocycles. The highest BCUT2D eigenvalue weighted by Gasteiger charge is 2.19. The van der Waals surface area contributed by atoms with Crippen molar-refractivity contribution in [2.24, 2.45) is 11.8 Å². The van der Waals surface area contributed by atoms with Crippen LogP contribution < -0.4 is 0 Å². The van der Waals surface area contributed by atoms with E-state index in [0.29, 0.717) is 19.3 Å². The third-order valence-corrected chi connectivity index (χ3v) is 14.8. The fourth-order valence-electron chi connectivity index (χ4n) is 9.73. The van der Waals surface area contributed by atoms with E-state index in [0.717, 1.165) is 69.6 Å². The van der Waals surface area contributed by atoms with E-state index in [-0.39, 0.29) is 31.1 Å². The standard InChI is InChI=1S/C63H122O6/c1-6-8-9-10-11-12-13-28-33-38-43-48-53-61(64)67-56-60(69-63(66)55-50-45-40-35-30-25-21-20-23-27-32-37-42-47-52-59(5)7-2)57-68-62(65)54-49-44-39-34-29-24-19-17-15-14-16-18-22-26-31-36-41-46-51-58(3)4/h58-60H,6-57H2,1-5H3/t59?,60-/m0/s1. The molecule has 0 aromatic carbocycles. The molecule has 0 aliphatic rings. The molecule has 0 aromatic rings. The fourth-order valence-corrected chi connectivity index (χ4v) is 9.73. The Morgan fingerprint density at radius 3 is 0.826 bits per heavy atom. The van der Waals surface area contributed by atoms with Crippen molar-refractivity contribution in [3.63, 3.8) is 0 Å². The zero-order valence-corrected chi connectivity index (χ0v) is 47.5. The number of unbranched alkanes of at least 4 members (excludes halogenated alkanes) is 41. The minimum atomic E-state index is -0.763. The van der Waals surface area contributed by atoms with Crippen LogP contribution in [-0.2, 0) is 28.6 Å². The van der Waals surface area contributed by atoms with Gasteiger partial charge in [-0.15, -0.1) is 0 Å². The Hall–Kier alpha value is -1.59. The second kappa shape index (κ2) is 55.7. The number of esters is 3. The van der Waals surface area contributed by atoms with Gasteiger partial charge in [0.1, 0.15) is 13.2 Å². The van der Waals surface area contributed by atoms with Crippen LogP contribution in [-0.4, -0.2) is 37.2 Å². The Morgan fingerprint density at radius 1 is 0.304 bits per heavy atom. The summed E-state index contributed by atoms with van der Waals surface area (Å²) in [6, 6.07) is 0. The molecule has 0 heterocycles. The van der Waals surface area contributed by atoms with Gasteiger partial charge in [0.25, 0.3) is 0 Å². The molecule has 6 nitrogen and oxygen atoms in total. The number of carbonyl (C=O) groups is 3. The van der Waals surface area contributed by atoms with Crippen LogP contribution in [0.25, 0.3) is 0 Å². The molecule has 1 unspecified atom stereocenters. The molecule has 69 heavy (non-hydrogen) atoms. The normalized spacial score (nSPS) is 12.4. The van der Waals surface area contributed by atoms with E-state index in [1.54, 1.807) is 0 Å². The lowest BCUT2D eigenvalue weighted by atomic mass is 9.99. The summed E-state index contributed by atoms with van der Waals surface area (Å²) in [6.45, 7) is 11.5. The van der Waals surface area contributed by atoms with Crippen molar-refractivity contribution >= 4 is 17.9 Å². The Labute approximate surface area is 431 Å². The molecule has 6 heteroatoms. The van der Waals surface area contributed by atoms with E-state index in [1.807, 2.05) is 0 Å². The van der Waals surface area contributed by atoms with Crippen molar-refractivity contribution in [1.82, 2.24) is 0 Å². The van der Waals surface area contributed by atoms with Gasteiger partial charge in [-0.1, -0.05) is 317 Å². The number of hydrogen-bond acceptors (Lipinski definition) is 6.